The van der Waals surface area contributed by atoms with Gasteiger partial charge in [-0.05, 0) is 30.9 Å². The number of amides is 1. The van der Waals surface area contributed by atoms with E-state index in [0.717, 1.165) is 43.7 Å². The van der Waals surface area contributed by atoms with Crippen LogP contribution in [0.2, 0.25) is 0 Å². The van der Waals surface area contributed by atoms with Gasteiger partial charge in [-0.25, -0.2) is 9.64 Å². The Labute approximate surface area is 162 Å². The Morgan fingerprint density at radius 2 is 2.26 bits per heavy atom. The maximum Gasteiger partial charge on any atom is 0.227 e. The van der Waals surface area contributed by atoms with Crippen molar-refractivity contribution in [2.75, 3.05) is 23.9 Å². The van der Waals surface area contributed by atoms with E-state index < -0.39 is 0 Å². The summed E-state index contributed by atoms with van der Waals surface area (Å²) in [4.78, 5) is 22.1. The van der Waals surface area contributed by atoms with Gasteiger partial charge in [0.25, 0.3) is 0 Å². The first-order valence-corrected chi connectivity index (χ1v) is 10.5. The van der Waals surface area contributed by atoms with Crippen molar-refractivity contribution >= 4 is 17.7 Å². The quantitative estimate of drug-likeness (QED) is 0.779. The van der Waals surface area contributed by atoms with Crippen LogP contribution in [0, 0.1) is 11.3 Å². The zero-order valence-electron chi connectivity index (χ0n) is 15.4. The van der Waals surface area contributed by atoms with E-state index in [2.05, 4.69) is 18.0 Å². The topological polar surface area (TPSA) is 83.2 Å². The summed E-state index contributed by atoms with van der Waals surface area (Å²) >= 11 is 1.80. The van der Waals surface area contributed by atoms with E-state index in [9.17, 15) is 10.1 Å². The van der Waals surface area contributed by atoms with Crippen LogP contribution in [0.3, 0.4) is 0 Å². The Morgan fingerprint density at radius 3 is 2.93 bits per heavy atom. The van der Waals surface area contributed by atoms with Gasteiger partial charge >= 0.3 is 0 Å². The standard InChI is InChI=1S/C18H24N6O2S/c1-2-18-22(16(11-19)13-27-18)24-23(26-24)15-5-8-21(9-6-15)17(25)10-14-4-3-7-20-12-14/h3-4,7,12,15-16,18H,2,5-6,8-10,13H2,1H3. The third-order valence-corrected chi connectivity index (χ3v) is 6.71. The van der Waals surface area contributed by atoms with Crippen LogP contribution in [0.4, 0.5) is 0 Å². The fraction of sp³-hybridized carbons (Fsp3) is 0.611. The van der Waals surface area contributed by atoms with E-state index in [4.69, 9.17) is 4.63 Å². The number of thioether (sulfide) groups is 1. The summed E-state index contributed by atoms with van der Waals surface area (Å²) in [5.41, 5.74) is 0.949. The zero-order chi connectivity index (χ0) is 18.8. The van der Waals surface area contributed by atoms with Crippen molar-refractivity contribution in [1.29, 1.82) is 5.26 Å². The molecule has 0 aliphatic carbocycles. The van der Waals surface area contributed by atoms with Crippen molar-refractivity contribution in [3.05, 3.63) is 30.1 Å². The number of carbonyl (C=O) groups excluding carboxylic acids is 1. The third-order valence-electron chi connectivity index (χ3n) is 5.26. The molecule has 0 N–H and O–H groups in total. The van der Waals surface area contributed by atoms with E-state index in [1.165, 1.54) is 0 Å². The van der Waals surface area contributed by atoms with E-state index in [0.29, 0.717) is 6.42 Å². The van der Waals surface area contributed by atoms with Crippen molar-refractivity contribution in [3.8, 4) is 6.07 Å². The molecule has 9 heteroatoms. The molecule has 2 fully saturated rings. The first-order valence-electron chi connectivity index (χ1n) is 9.44. The van der Waals surface area contributed by atoms with Gasteiger partial charge in [-0.2, -0.15) is 5.26 Å². The van der Waals surface area contributed by atoms with Gasteiger partial charge in [0.2, 0.25) is 5.91 Å². The molecule has 4 heterocycles. The van der Waals surface area contributed by atoms with Crippen molar-refractivity contribution in [3.63, 3.8) is 0 Å². The van der Waals surface area contributed by atoms with Crippen LogP contribution in [0.5, 0.6) is 0 Å². The van der Waals surface area contributed by atoms with Crippen LogP contribution in [0.1, 0.15) is 37.8 Å². The Morgan fingerprint density at radius 1 is 1.44 bits per heavy atom. The summed E-state index contributed by atoms with van der Waals surface area (Å²) in [6, 6.07) is 6.26. The highest BCUT2D eigenvalue weighted by molar-refractivity contribution is 8.00. The molecule has 2 aromatic heterocycles. The van der Waals surface area contributed by atoms with Crippen LogP contribution in [0.15, 0.2) is 29.2 Å². The average molecular weight is 388 g/mol. The molecule has 144 valence electrons. The lowest BCUT2D eigenvalue weighted by Gasteiger charge is -2.30. The monoisotopic (exact) mass is 388 g/mol. The normalized spacial score (nSPS) is 23.7. The molecule has 4 rings (SSSR count). The van der Waals surface area contributed by atoms with Crippen molar-refractivity contribution in [2.24, 2.45) is 0 Å². The Hall–Kier alpha value is -2.34. The van der Waals surface area contributed by atoms with E-state index >= 15 is 0 Å². The minimum atomic E-state index is -0.147. The number of likely N-dealkylation sites (tertiary alicyclic amines) is 1. The molecule has 2 saturated heterocycles. The summed E-state index contributed by atoms with van der Waals surface area (Å²) in [7, 11) is 0. The van der Waals surface area contributed by atoms with Crippen LogP contribution in [-0.2, 0) is 11.2 Å². The maximum atomic E-state index is 12.5. The van der Waals surface area contributed by atoms with E-state index in [1.54, 1.807) is 29.1 Å². The SMILES string of the molecule is CCC1SCC(C#N)N1n1on1C1CCN(C(=O)Cc2cccnc2)CC1. The van der Waals surface area contributed by atoms with Gasteiger partial charge < -0.3 is 4.90 Å². The van der Waals surface area contributed by atoms with Gasteiger partial charge in [-0.1, -0.05) is 17.8 Å². The molecule has 0 radical (unpaired) electrons. The molecule has 1 amide bonds. The highest BCUT2D eigenvalue weighted by Crippen LogP contribution is 2.33. The molecule has 2 aromatic rings. The largest absolute Gasteiger partial charge is 0.342 e. The van der Waals surface area contributed by atoms with E-state index in [-0.39, 0.29) is 23.4 Å². The molecule has 2 atom stereocenters. The average Bonchev–Trinajstić information content (AvgIpc) is 3.39. The van der Waals surface area contributed by atoms with Crippen molar-refractivity contribution in [1.82, 2.24) is 19.7 Å². The van der Waals surface area contributed by atoms with Crippen LogP contribution in [-0.4, -0.2) is 55.9 Å². The summed E-state index contributed by atoms with van der Waals surface area (Å²) in [5.74, 6) is 0.959. The van der Waals surface area contributed by atoms with Crippen LogP contribution < -0.4 is 5.01 Å². The van der Waals surface area contributed by atoms with Gasteiger partial charge in [0.1, 0.15) is 6.04 Å². The molecule has 0 aromatic carbocycles. The number of carbonyl (C=O) groups is 1. The number of aromatic nitrogens is 3. The molecule has 2 unspecified atom stereocenters. The summed E-state index contributed by atoms with van der Waals surface area (Å²) in [6.07, 6.45) is 6.56. The number of nitriles is 1. The van der Waals surface area contributed by atoms with Gasteiger partial charge in [-0.15, -0.1) is 11.8 Å². The number of piperidine rings is 1. The Bertz CT molecular complexity index is 798. The van der Waals surface area contributed by atoms with Crippen molar-refractivity contribution < 1.29 is 9.42 Å². The number of hydrogen-bond donors (Lipinski definition) is 0. The molecule has 0 bridgehead atoms. The third kappa shape index (κ3) is 3.72. The summed E-state index contributed by atoms with van der Waals surface area (Å²) < 4.78 is 5.71. The number of hydrogen-bond acceptors (Lipinski definition) is 6. The highest BCUT2D eigenvalue weighted by Gasteiger charge is 2.41. The zero-order valence-corrected chi connectivity index (χ0v) is 16.2. The number of rotatable bonds is 5. The Kier molecular flexibility index (Phi) is 5.16. The molecule has 2 aliphatic heterocycles. The predicted octanol–water partition coefficient (Wildman–Crippen LogP) is 2.00. The lowest BCUT2D eigenvalue weighted by Crippen LogP contribution is -2.44. The molecule has 8 nitrogen and oxygen atoms in total. The van der Waals surface area contributed by atoms with Gasteiger partial charge in [0, 0.05) is 36.2 Å². The lowest BCUT2D eigenvalue weighted by atomic mass is 10.0. The second kappa shape index (κ2) is 7.72. The molecular weight excluding hydrogens is 364 g/mol. The van der Waals surface area contributed by atoms with Gasteiger partial charge in [-0.3, -0.25) is 9.78 Å². The first kappa shape index (κ1) is 18.0. The summed E-state index contributed by atoms with van der Waals surface area (Å²) in [6.45, 7) is 3.58. The molecule has 0 spiro atoms. The van der Waals surface area contributed by atoms with Gasteiger partial charge in [0.15, 0.2) is 0 Å². The first-order chi connectivity index (χ1) is 13.2. The van der Waals surface area contributed by atoms with Gasteiger partial charge in [0.05, 0.1) is 23.9 Å². The van der Waals surface area contributed by atoms with Crippen LogP contribution >= 0.6 is 11.8 Å². The van der Waals surface area contributed by atoms with Crippen molar-refractivity contribution in [2.45, 2.75) is 50.1 Å². The lowest BCUT2D eigenvalue weighted by molar-refractivity contribution is -0.131. The molecule has 27 heavy (non-hydrogen) atoms. The second-order valence-electron chi connectivity index (χ2n) is 7.01. The minimum Gasteiger partial charge on any atom is -0.342 e. The smallest absolute Gasteiger partial charge is 0.227 e. The minimum absolute atomic E-state index is 0.147. The number of nitrogens with zero attached hydrogens (tertiary/aromatic N) is 6. The fourth-order valence-electron chi connectivity index (χ4n) is 3.72. The predicted molar refractivity (Wildman–Crippen MR) is 102 cm³/mol. The highest BCUT2D eigenvalue weighted by atomic mass is 32.2. The number of pyridine rings is 1. The fourth-order valence-corrected chi connectivity index (χ4v) is 4.97. The van der Waals surface area contributed by atoms with E-state index in [1.807, 2.05) is 26.9 Å². The molecule has 0 saturated carbocycles. The Balaban J connectivity index is 1.32. The summed E-state index contributed by atoms with van der Waals surface area (Å²) in [5, 5.41) is 11.7. The maximum absolute atomic E-state index is 12.5. The second-order valence-corrected chi connectivity index (χ2v) is 8.22. The van der Waals surface area contributed by atoms with Crippen LogP contribution in [0.25, 0.3) is 0 Å². The molecule has 2 aliphatic rings. The molecular formula is C18H24N6O2S.